The quantitative estimate of drug-likeness (QED) is 0.463. The third-order valence-electron chi connectivity index (χ3n) is 4.25. The Bertz CT molecular complexity index is 1010. The van der Waals surface area contributed by atoms with Gasteiger partial charge in [-0.3, -0.25) is 10.1 Å². The van der Waals surface area contributed by atoms with Crippen molar-refractivity contribution in [3.63, 3.8) is 0 Å². The van der Waals surface area contributed by atoms with Crippen molar-refractivity contribution in [1.82, 2.24) is 9.62 Å². The van der Waals surface area contributed by atoms with E-state index in [4.69, 9.17) is 9.47 Å². The molecule has 156 valence electrons. The Kier molecular flexibility index (Phi) is 6.20. The van der Waals surface area contributed by atoms with E-state index in [2.05, 4.69) is 10.0 Å². The Balaban J connectivity index is 1.75. The van der Waals surface area contributed by atoms with E-state index < -0.39 is 14.9 Å². The average molecular weight is 422 g/mol. The van der Waals surface area contributed by atoms with Crippen molar-refractivity contribution in [2.24, 2.45) is 0 Å². The van der Waals surface area contributed by atoms with Crippen LogP contribution in [0, 0.1) is 10.1 Å². The predicted molar refractivity (Wildman–Crippen MR) is 107 cm³/mol. The largest absolute Gasteiger partial charge is 0.454 e. The molecule has 10 nitrogen and oxygen atoms in total. The zero-order valence-electron chi connectivity index (χ0n) is 16.0. The van der Waals surface area contributed by atoms with Crippen LogP contribution in [0.1, 0.15) is 5.56 Å². The molecule has 0 spiro atoms. The molecule has 0 saturated carbocycles. The Hall–Kier alpha value is -2.89. The molecule has 1 heterocycles. The molecule has 2 aromatic rings. The highest BCUT2D eigenvalue weighted by atomic mass is 32.2. The molecule has 3 rings (SSSR count). The molecule has 2 N–H and O–H groups in total. The van der Waals surface area contributed by atoms with Crippen molar-refractivity contribution in [2.75, 3.05) is 39.3 Å². The van der Waals surface area contributed by atoms with Gasteiger partial charge in [0.25, 0.3) is 5.69 Å². The van der Waals surface area contributed by atoms with Crippen LogP contribution in [0.15, 0.2) is 41.3 Å². The number of rotatable bonds is 9. The number of hydrogen-bond acceptors (Lipinski definition) is 8. The van der Waals surface area contributed by atoms with Gasteiger partial charge in [-0.15, -0.1) is 0 Å². The van der Waals surface area contributed by atoms with Crippen molar-refractivity contribution in [2.45, 2.75) is 11.4 Å². The summed E-state index contributed by atoms with van der Waals surface area (Å²) in [6.07, 6.45) is 0. The maximum Gasteiger partial charge on any atom is 0.293 e. The lowest BCUT2D eigenvalue weighted by Gasteiger charge is -2.12. The summed E-state index contributed by atoms with van der Waals surface area (Å²) >= 11 is 0. The Labute approximate surface area is 168 Å². The smallest absolute Gasteiger partial charge is 0.293 e. The van der Waals surface area contributed by atoms with Gasteiger partial charge in [0.05, 0.1) is 9.82 Å². The fourth-order valence-corrected chi connectivity index (χ4v) is 3.75. The predicted octanol–water partition coefficient (Wildman–Crippen LogP) is 1.78. The first kappa shape index (κ1) is 20.8. The van der Waals surface area contributed by atoms with Crippen molar-refractivity contribution in [1.29, 1.82) is 0 Å². The molecule has 0 fully saturated rings. The van der Waals surface area contributed by atoms with Gasteiger partial charge in [-0.1, -0.05) is 6.07 Å². The third-order valence-corrected chi connectivity index (χ3v) is 5.71. The number of fused-ring (bicyclic) bond motifs is 1. The molecule has 0 saturated heterocycles. The second-order valence-electron chi connectivity index (χ2n) is 6.68. The van der Waals surface area contributed by atoms with Crippen LogP contribution in [0.25, 0.3) is 0 Å². The zero-order chi connectivity index (χ0) is 21.0. The molecular weight excluding hydrogens is 400 g/mol. The maximum atomic E-state index is 12.4. The first-order valence-corrected chi connectivity index (χ1v) is 10.3. The van der Waals surface area contributed by atoms with Gasteiger partial charge >= 0.3 is 0 Å². The summed E-state index contributed by atoms with van der Waals surface area (Å²) in [5.41, 5.74) is 0.742. The van der Waals surface area contributed by atoms with Gasteiger partial charge in [0.15, 0.2) is 11.5 Å². The van der Waals surface area contributed by atoms with E-state index in [-0.39, 0.29) is 29.6 Å². The van der Waals surface area contributed by atoms with Crippen molar-refractivity contribution >= 4 is 21.4 Å². The lowest BCUT2D eigenvalue weighted by Crippen LogP contribution is -2.31. The maximum absolute atomic E-state index is 12.4. The monoisotopic (exact) mass is 422 g/mol. The fourth-order valence-electron chi connectivity index (χ4n) is 2.71. The van der Waals surface area contributed by atoms with Gasteiger partial charge < -0.3 is 19.7 Å². The van der Waals surface area contributed by atoms with Gasteiger partial charge in [0, 0.05) is 25.7 Å². The minimum atomic E-state index is -3.84. The first-order chi connectivity index (χ1) is 13.8. The number of anilines is 1. The molecule has 1 aliphatic heterocycles. The molecular formula is C18H22N4O6S. The summed E-state index contributed by atoms with van der Waals surface area (Å²) in [5.74, 6) is 1.26. The molecule has 0 aromatic heterocycles. The molecule has 1 aliphatic rings. The second-order valence-corrected chi connectivity index (χ2v) is 8.45. The van der Waals surface area contributed by atoms with E-state index in [9.17, 15) is 18.5 Å². The second kappa shape index (κ2) is 8.64. The molecule has 0 atom stereocenters. The third kappa shape index (κ3) is 5.13. The molecule has 0 bridgehead atoms. The van der Waals surface area contributed by atoms with Crippen LogP contribution in [0.5, 0.6) is 11.5 Å². The molecule has 0 unspecified atom stereocenters. The summed E-state index contributed by atoms with van der Waals surface area (Å²) < 4.78 is 37.8. The lowest BCUT2D eigenvalue weighted by atomic mass is 10.2. The SMILES string of the molecule is CN(C)CCNS(=O)(=O)c1ccc(NCc2ccc3c(c2)OCO3)c([N+](=O)[O-])c1. The average Bonchev–Trinajstić information content (AvgIpc) is 3.13. The molecule has 0 aliphatic carbocycles. The highest BCUT2D eigenvalue weighted by Crippen LogP contribution is 2.33. The Morgan fingerprint density at radius 1 is 1.14 bits per heavy atom. The number of nitro groups is 1. The van der Waals surface area contributed by atoms with Gasteiger partial charge in [0.1, 0.15) is 5.69 Å². The van der Waals surface area contributed by atoms with Gasteiger partial charge in [0.2, 0.25) is 16.8 Å². The van der Waals surface area contributed by atoms with Gasteiger partial charge in [-0.05, 0) is 43.9 Å². The van der Waals surface area contributed by atoms with Crippen LogP contribution < -0.4 is 19.5 Å². The molecule has 29 heavy (non-hydrogen) atoms. The number of nitrogens with one attached hydrogen (secondary N) is 2. The minimum Gasteiger partial charge on any atom is -0.454 e. The van der Waals surface area contributed by atoms with E-state index in [0.717, 1.165) is 11.6 Å². The van der Waals surface area contributed by atoms with Gasteiger partial charge in [-0.25, -0.2) is 13.1 Å². The summed E-state index contributed by atoms with van der Waals surface area (Å²) in [6, 6.07) is 9.16. The number of ether oxygens (including phenoxy) is 2. The fraction of sp³-hybridized carbons (Fsp3) is 0.333. The lowest BCUT2D eigenvalue weighted by molar-refractivity contribution is -0.384. The van der Waals surface area contributed by atoms with E-state index in [0.29, 0.717) is 24.6 Å². The Morgan fingerprint density at radius 3 is 2.62 bits per heavy atom. The summed E-state index contributed by atoms with van der Waals surface area (Å²) in [7, 11) is -0.204. The highest BCUT2D eigenvalue weighted by molar-refractivity contribution is 7.89. The van der Waals surface area contributed by atoms with Crippen LogP contribution >= 0.6 is 0 Å². The van der Waals surface area contributed by atoms with Crippen LogP contribution in [0.3, 0.4) is 0 Å². The molecule has 0 radical (unpaired) electrons. The standard InChI is InChI=1S/C18H22N4O6S/c1-21(2)8-7-20-29(25,26)14-4-5-15(16(10-14)22(23)24)19-11-13-3-6-17-18(9-13)28-12-27-17/h3-6,9-10,19-20H,7-8,11-12H2,1-2H3. The number of nitrogens with zero attached hydrogens (tertiary/aromatic N) is 2. The Morgan fingerprint density at radius 2 is 1.90 bits per heavy atom. The highest BCUT2D eigenvalue weighted by Gasteiger charge is 2.21. The van der Waals surface area contributed by atoms with Crippen LogP contribution in [-0.2, 0) is 16.6 Å². The first-order valence-electron chi connectivity index (χ1n) is 8.81. The summed E-state index contributed by atoms with van der Waals surface area (Å²) in [5, 5.41) is 14.5. The van der Waals surface area contributed by atoms with Crippen molar-refractivity contribution < 1.29 is 22.8 Å². The van der Waals surface area contributed by atoms with E-state index in [1.165, 1.54) is 12.1 Å². The zero-order valence-corrected chi connectivity index (χ0v) is 16.9. The van der Waals surface area contributed by atoms with Crippen LogP contribution in [-0.4, -0.2) is 52.2 Å². The van der Waals surface area contributed by atoms with Crippen molar-refractivity contribution in [3.05, 3.63) is 52.1 Å². The summed E-state index contributed by atoms with van der Waals surface area (Å²) in [4.78, 5) is 12.5. The normalized spacial score (nSPS) is 12.9. The van der Waals surface area contributed by atoms with Crippen LogP contribution in [0.2, 0.25) is 0 Å². The minimum absolute atomic E-state index is 0.156. The number of sulfonamides is 1. The van der Waals surface area contributed by atoms with E-state index in [1.54, 1.807) is 12.1 Å². The molecule has 2 aromatic carbocycles. The van der Waals surface area contributed by atoms with Crippen molar-refractivity contribution in [3.8, 4) is 11.5 Å². The molecule has 0 amide bonds. The molecule has 11 heteroatoms. The number of benzene rings is 2. The number of nitro benzene ring substituents is 1. The number of hydrogen-bond donors (Lipinski definition) is 2. The van der Waals surface area contributed by atoms with E-state index in [1.807, 2.05) is 25.1 Å². The van der Waals surface area contributed by atoms with Gasteiger partial charge in [-0.2, -0.15) is 0 Å². The number of likely N-dealkylation sites (N-methyl/N-ethyl adjacent to an activating group) is 1. The van der Waals surface area contributed by atoms with E-state index >= 15 is 0 Å². The summed E-state index contributed by atoms with van der Waals surface area (Å²) in [6.45, 7) is 1.17. The topological polar surface area (TPSA) is 123 Å². The van der Waals surface area contributed by atoms with Crippen LogP contribution in [0.4, 0.5) is 11.4 Å².